The highest BCUT2D eigenvalue weighted by Crippen LogP contribution is 2.27. The Hall–Kier alpha value is -2.73. The lowest BCUT2D eigenvalue weighted by molar-refractivity contribution is -0.136. The van der Waals surface area contributed by atoms with Crippen LogP contribution < -0.4 is 5.56 Å². The third-order valence-corrected chi connectivity index (χ3v) is 5.62. The van der Waals surface area contributed by atoms with E-state index < -0.39 is 5.97 Å². The molecular formula is C21H22N2O3S. The Labute approximate surface area is 161 Å². The van der Waals surface area contributed by atoms with Crippen LogP contribution in [0.4, 0.5) is 0 Å². The number of rotatable bonds is 4. The lowest BCUT2D eigenvalue weighted by Gasteiger charge is -2.09. The molecule has 27 heavy (non-hydrogen) atoms. The summed E-state index contributed by atoms with van der Waals surface area (Å²) in [5.41, 5.74) is 3.97. The van der Waals surface area contributed by atoms with Crippen LogP contribution >= 0.6 is 11.3 Å². The van der Waals surface area contributed by atoms with Gasteiger partial charge in [0.15, 0.2) is 0 Å². The highest BCUT2D eigenvalue weighted by Gasteiger charge is 2.20. The molecule has 0 aliphatic carbocycles. The minimum Gasteiger partial charge on any atom is -0.462 e. The SMILES string of the molecule is CCOC(=O)/C(=C\c1ccc(C)cc1C)c1nc2sc(C)c(C)c2c(=O)[nH]1. The van der Waals surface area contributed by atoms with E-state index in [2.05, 4.69) is 9.97 Å². The summed E-state index contributed by atoms with van der Waals surface area (Å²) in [6.07, 6.45) is 1.73. The fourth-order valence-electron chi connectivity index (χ4n) is 2.96. The van der Waals surface area contributed by atoms with E-state index in [1.165, 1.54) is 11.3 Å². The fourth-order valence-corrected chi connectivity index (χ4v) is 3.99. The van der Waals surface area contributed by atoms with Crippen molar-refractivity contribution in [1.29, 1.82) is 0 Å². The molecule has 5 nitrogen and oxygen atoms in total. The highest BCUT2D eigenvalue weighted by atomic mass is 32.1. The van der Waals surface area contributed by atoms with E-state index in [0.717, 1.165) is 27.1 Å². The van der Waals surface area contributed by atoms with Crippen LogP contribution in [0.2, 0.25) is 0 Å². The number of carbonyl (C=O) groups is 1. The van der Waals surface area contributed by atoms with E-state index in [4.69, 9.17) is 4.74 Å². The van der Waals surface area contributed by atoms with E-state index in [1.54, 1.807) is 13.0 Å². The molecule has 0 fully saturated rings. The van der Waals surface area contributed by atoms with Gasteiger partial charge in [-0.2, -0.15) is 0 Å². The Kier molecular flexibility index (Phi) is 5.28. The molecule has 0 atom stereocenters. The van der Waals surface area contributed by atoms with Gasteiger partial charge in [-0.1, -0.05) is 23.8 Å². The van der Waals surface area contributed by atoms with Crippen molar-refractivity contribution in [3.63, 3.8) is 0 Å². The van der Waals surface area contributed by atoms with Crippen molar-refractivity contribution in [2.45, 2.75) is 34.6 Å². The Bertz CT molecular complexity index is 1120. The average molecular weight is 382 g/mol. The number of nitrogens with zero attached hydrogens (tertiary/aromatic N) is 1. The summed E-state index contributed by atoms with van der Waals surface area (Å²) in [5.74, 6) is -0.280. The van der Waals surface area contributed by atoms with E-state index in [-0.39, 0.29) is 23.6 Å². The predicted octanol–water partition coefficient (Wildman–Crippen LogP) is 4.32. The van der Waals surface area contributed by atoms with Crippen molar-refractivity contribution in [2.24, 2.45) is 0 Å². The summed E-state index contributed by atoms with van der Waals surface area (Å²) in [7, 11) is 0. The van der Waals surface area contributed by atoms with Crippen LogP contribution in [0.25, 0.3) is 21.9 Å². The molecule has 0 spiro atoms. The van der Waals surface area contributed by atoms with Crippen molar-refractivity contribution < 1.29 is 9.53 Å². The summed E-state index contributed by atoms with van der Waals surface area (Å²) in [6.45, 7) is 9.85. The van der Waals surface area contributed by atoms with Gasteiger partial charge in [0.05, 0.1) is 12.0 Å². The maximum absolute atomic E-state index is 12.6. The molecule has 3 aromatic rings. The van der Waals surface area contributed by atoms with Gasteiger partial charge in [-0.05, 0) is 57.4 Å². The molecule has 140 valence electrons. The minimum atomic E-state index is -0.509. The number of nitrogens with one attached hydrogen (secondary N) is 1. The molecule has 0 saturated heterocycles. The molecule has 0 amide bonds. The number of H-pyrrole nitrogens is 1. The summed E-state index contributed by atoms with van der Waals surface area (Å²) in [5, 5.41) is 0.580. The monoisotopic (exact) mass is 382 g/mol. The summed E-state index contributed by atoms with van der Waals surface area (Å²) >= 11 is 1.45. The third kappa shape index (κ3) is 3.71. The van der Waals surface area contributed by atoms with Gasteiger partial charge in [-0.15, -0.1) is 11.3 Å². The van der Waals surface area contributed by atoms with E-state index in [1.807, 2.05) is 45.9 Å². The number of thiophene rings is 1. The maximum atomic E-state index is 12.6. The molecule has 0 unspecified atom stereocenters. The number of aromatic amines is 1. The molecule has 2 heterocycles. The van der Waals surface area contributed by atoms with Gasteiger partial charge < -0.3 is 9.72 Å². The summed E-state index contributed by atoms with van der Waals surface area (Å²) in [6, 6.07) is 5.97. The van der Waals surface area contributed by atoms with Gasteiger partial charge in [-0.25, -0.2) is 9.78 Å². The van der Waals surface area contributed by atoms with Crippen LogP contribution in [-0.4, -0.2) is 22.5 Å². The van der Waals surface area contributed by atoms with Gasteiger partial charge >= 0.3 is 5.97 Å². The quantitative estimate of drug-likeness (QED) is 0.539. The van der Waals surface area contributed by atoms with Crippen molar-refractivity contribution in [1.82, 2.24) is 9.97 Å². The van der Waals surface area contributed by atoms with Crippen LogP contribution in [0, 0.1) is 27.7 Å². The van der Waals surface area contributed by atoms with E-state index in [9.17, 15) is 9.59 Å². The van der Waals surface area contributed by atoms with Gasteiger partial charge in [0.1, 0.15) is 16.2 Å². The first-order valence-corrected chi connectivity index (χ1v) is 9.60. The number of aromatic nitrogens is 2. The summed E-state index contributed by atoms with van der Waals surface area (Å²) in [4.78, 5) is 34.2. The number of esters is 1. The number of fused-ring (bicyclic) bond motifs is 1. The van der Waals surface area contributed by atoms with Gasteiger partial charge in [-0.3, -0.25) is 4.79 Å². The Morgan fingerprint density at radius 3 is 2.67 bits per heavy atom. The molecule has 2 aromatic heterocycles. The zero-order valence-corrected chi connectivity index (χ0v) is 16.9. The Morgan fingerprint density at radius 1 is 1.26 bits per heavy atom. The number of carbonyl (C=O) groups excluding carboxylic acids is 1. The van der Waals surface area contributed by atoms with Crippen molar-refractivity contribution >= 4 is 39.2 Å². The second-order valence-electron chi connectivity index (χ2n) is 6.52. The average Bonchev–Trinajstić information content (AvgIpc) is 2.89. The van der Waals surface area contributed by atoms with Crippen LogP contribution in [0.15, 0.2) is 23.0 Å². The molecule has 1 N–H and O–H groups in total. The molecule has 0 radical (unpaired) electrons. The Balaban J connectivity index is 2.22. The van der Waals surface area contributed by atoms with Crippen molar-refractivity contribution in [3.8, 4) is 0 Å². The van der Waals surface area contributed by atoms with Crippen LogP contribution in [-0.2, 0) is 9.53 Å². The van der Waals surface area contributed by atoms with Crippen LogP contribution in [0.1, 0.15) is 39.9 Å². The Morgan fingerprint density at radius 2 is 2.00 bits per heavy atom. The highest BCUT2D eigenvalue weighted by molar-refractivity contribution is 7.18. The normalized spacial score (nSPS) is 11.8. The summed E-state index contributed by atoms with van der Waals surface area (Å²) < 4.78 is 5.21. The zero-order chi connectivity index (χ0) is 19.7. The van der Waals surface area contributed by atoms with E-state index >= 15 is 0 Å². The zero-order valence-electron chi connectivity index (χ0n) is 16.1. The lowest BCUT2D eigenvalue weighted by Crippen LogP contribution is -2.15. The number of aryl methyl sites for hydroxylation is 4. The lowest BCUT2D eigenvalue weighted by atomic mass is 10.0. The first-order chi connectivity index (χ1) is 12.8. The van der Waals surface area contributed by atoms with Gasteiger partial charge in [0.2, 0.25) is 0 Å². The molecule has 0 saturated carbocycles. The topological polar surface area (TPSA) is 72.0 Å². The van der Waals surface area contributed by atoms with Crippen molar-refractivity contribution in [3.05, 3.63) is 61.5 Å². The second kappa shape index (κ2) is 7.48. The molecule has 0 aliphatic heterocycles. The molecule has 6 heteroatoms. The van der Waals surface area contributed by atoms with Crippen LogP contribution in [0.5, 0.6) is 0 Å². The molecule has 0 bridgehead atoms. The largest absolute Gasteiger partial charge is 0.462 e. The van der Waals surface area contributed by atoms with Gasteiger partial charge in [0.25, 0.3) is 5.56 Å². The van der Waals surface area contributed by atoms with Gasteiger partial charge in [0, 0.05) is 4.88 Å². The smallest absolute Gasteiger partial charge is 0.341 e. The minimum absolute atomic E-state index is 0.229. The standard InChI is InChI=1S/C21H22N2O3S/c1-6-26-21(25)16(10-15-8-7-11(2)9-12(15)3)18-22-19(24)17-13(4)14(5)27-20(17)23-18/h7-10H,6H2,1-5H3,(H,22,23,24)/b16-10-. The molecule has 1 aromatic carbocycles. The molecule has 3 rings (SSSR count). The predicted molar refractivity (Wildman–Crippen MR) is 110 cm³/mol. The number of hydrogen-bond donors (Lipinski definition) is 1. The first-order valence-electron chi connectivity index (χ1n) is 8.78. The molecular weight excluding hydrogens is 360 g/mol. The third-order valence-electron chi connectivity index (χ3n) is 4.51. The maximum Gasteiger partial charge on any atom is 0.341 e. The number of hydrogen-bond acceptors (Lipinski definition) is 5. The number of ether oxygens (including phenoxy) is 1. The fraction of sp³-hybridized carbons (Fsp3) is 0.286. The number of benzene rings is 1. The molecule has 0 aliphatic rings. The van der Waals surface area contributed by atoms with Crippen LogP contribution in [0.3, 0.4) is 0 Å². The first kappa shape index (κ1) is 19.0. The second-order valence-corrected chi connectivity index (χ2v) is 7.72. The van der Waals surface area contributed by atoms with E-state index in [0.29, 0.717) is 10.2 Å². The van der Waals surface area contributed by atoms with Crippen molar-refractivity contribution in [2.75, 3.05) is 6.61 Å².